The second-order valence-electron chi connectivity index (χ2n) is 4.38. The van der Waals surface area contributed by atoms with Crippen LogP contribution in [-0.4, -0.2) is 38.0 Å². The summed E-state index contributed by atoms with van der Waals surface area (Å²) in [6.07, 6.45) is 2.22. The number of carbonyl (C=O) groups is 2. The highest BCUT2D eigenvalue weighted by molar-refractivity contribution is 5.83. The Morgan fingerprint density at radius 3 is 2.74 bits per heavy atom. The minimum absolute atomic E-state index is 0.0762. The Balaban J connectivity index is 2.60. The van der Waals surface area contributed by atoms with E-state index in [-0.39, 0.29) is 19.0 Å². The van der Waals surface area contributed by atoms with E-state index in [1.165, 1.54) is 4.68 Å². The second kappa shape index (κ2) is 6.83. The van der Waals surface area contributed by atoms with Gasteiger partial charge in [-0.1, -0.05) is 25.5 Å². The smallest absolute Gasteiger partial charge is 0.326 e. The van der Waals surface area contributed by atoms with Crippen LogP contribution in [0.15, 0.2) is 6.20 Å². The molecule has 4 N–H and O–H groups in total. The lowest BCUT2D eigenvalue weighted by molar-refractivity contribution is -0.143. The molecule has 1 heterocycles. The number of carboxylic acid groups (broad SMARTS) is 1. The highest BCUT2D eigenvalue weighted by Gasteiger charge is 2.25. The van der Waals surface area contributed by atoms with E-state index in [0.29, 0.717) is 12.1 Å². The van der Waals surface area contributed by atoms with Gasteiger partial charge in [-0.15, -0.1) is 5.10 Å². The number of hydrogen-bond acceptors (Lipinski definition) is 5. The highest BCUT2D eigenvalue weighted by Crippen LogP contribution is 2.07. The van der Waals surface area contributed by atoms with Crippen LogP contribution in [0, 0.1) is 5.92 Å². The van der Waals surface area contributed by atoms with Gasteiger partial charge in [0.25, 0.3) is 0 Å². The lowest BCUT2D eigenvalue weighted by atomic mass is 9.99. The number of aliphatic carboxylic acids is 1. The summed E-state index contributed by atoms with van der Waals surface area (Å²) in [6, 6.07) is -0.894. The van der Waals surface area contributed by atoms with Gasteiger partial charge in [-0.3, -0.25) is 4.79 Å². The molecule has 1 rings (SSSR count). The Hall–Kier alpha value is -1.96. The predicted octanol–water partition coefficient (Wildman–Crippen LogP) is -0.648. The first-order chi connectivity index (χ1) is 8.97. The third kappa shape index (κ3) is 4.32. The maximum atomic E-state index is 11.8. The fraction of sp³-hybridized carbons (Fsp3) is 0.636. The summed E-state index contributed by atoms with van der Waals surface area (Å²) in [5.74, 6) is -1.60. The predicted molar refractivity (Wildman–Crippen MR) is 66.9 cm³/mol. The molecule has 1 amide bonds. The molecule has 0 saturated heterocycles. The molecular formula is C11H19N5O3. The minimum atomic E-state index is -1.04. The first-order valence-electron chi connectivity index (χ1n) is 6.09. The van der Waals surface area contributed by atoms with E-state index in [0.717, 1.165) is 0 Å². The lowest BCUT2D eigenvalue weighted by Gasteiger charge is -2.19. The monoisotopic (exact) mass is 269 g/mol. The molecule has 8 nitrogen and oxygen atoms in total. The molecule has 19 heavy (non-hydrogen) atoms. The number of nitrogens with two attached hydrogens (primary N) is 1. The van der Waals surface area contributed by atoms with Crippen LogP contribution in [0.5, 0.6) is 0 Å². The molecule has 0 fully saturated rings. The molecule has 8 heteroatoms. The molecule has 1 aromatic rings. The van der Waals surface area contributed by atoms with E-state index in [1.54, 1.807) is 13.1 Å². The van der Waals surface area contributed by atoms with Crippen LogP contribution < -0.4 is 11.1 Å². The first-order valence-corrected chi connectivity index (χ1v) is 6.09. The van der Waals surface area contributed by atoms with Crippen LogP contribution in [0.25, 0.3) is 0 Å². The van der Waals surface area contributed by atoms with Crippen molar-refractivity contribution in [2.45, 2.75) is 39.4 Å². The van der Waals surface area contributed by atoms with Gasteiger partial charge in [0.1, 0.15) is 12.6 Å². The Kier molecular flexibility index (Phi) is 5.43. The van der Waals surface area contributed by atoms with Gasteiger partial charge in [0.2, 0.25) is 5.91 Å². The van der Waals surface area contributed by atoms with Crippen molar-refractivity contribution in [3.05, 3.63) is 11.9 Å². The summed E-state index contributed by atoms with van der Waals surface area (Å²) >= 11 is 0. The number of carbonyl (C=O) groups excluding carboxylic acids is 1. The van der Waals surface area contributed by atoms with Crippen molar-refractivity contribution in [2.75, 3.05) is 0 Å². The Bertz CT molecular complexity index is 445. The normalized spacial score (nSPS) is 13.8. The van der Waals surface area contributed by atoms with Crippen LogP contribution in [0.3, 0.4) is 0 Å². The van der Waals surface area contributed by atoms with Gasteiger partial charge in [0.15, 0.2) is 0 Å². The van der Waals surface area contributed by atoms with Gasteiger partial charge in [0, 0.05) is 6.54 Å². The molecule has 2 atom stereocenters. The Morgan fingerprint density at radius 2 is 2.26 bits per heavy atom. The minimum Gasteiger partial charge on any atom is -0.480 e. The molecule has 0 bridgehead atoms. The van der Waals surface area contributed by atoms with Gasteiger partial charge in [-0.25, -0.2) is 9.48 Å². The van der Waals surface area contributed by atoms with Gasteiger partial charge >= 0.3 is 5.97 Å². The van der Waals surface area contributed by atoms with Crippen LogP contribution in [-0.2, 0) is 22.7 Å². The van der Waals surface area contributed by atoms with E-state index in [4.69, 9.17) is 10.8 Å². The second-order valence-corrected chi connectivity index (χ2v) is 4.38. The van der Waals surface area contributed by atoms with E-state index in [2.05, 4.69) is 15.6 Å². The summed E-state index contributed by atoms with van der Waals surface area (Å²) in [6.45, 7) is 3.82. The largest absolute Gasteiger partial charge is 0.480 e. The number of rotatable bonds is 7. The molecule has 0 radical (unpaired) electrons. The quantitative estimate of drug-likeness (QED) is 0.604. The molecule has 0 aromatic carbocycles. The number of hydrogen-bond donors (Lipinski definition) is 3. The Morgan fingerprint density at radius 1 is 1.58 bits per heavy atom. The topological polar surface area (TPSA) is 123 Å². The molecule has 1 unspecified atom stereocenters. The maximum Gasteiger partial charge on any atom is 0.326 e. The molecule has 0 aliphatic heterocycles. The third-order valence-electron chi connectivity index (χ3n) is 2.90. The number of amides is 1. The van der Waals surface area contributed by atoms with Crippen LogP contribution in [0.4, 0.5) is 0 Å². The average Bonchev–Trinajstić information content (AvgIpc) is 2.82. The van der Waals surface area contributed by atoms with Crippen LogP contribution >= 0.6 is 0 Å². The van der Waals surface area contributed by atoms with Crippen molar-refractivity contribution >= 4 is 11.9 Å². The summed E-state index contributed by atoms with van der Waals surface area (Å²) < 4.78 is 1.33. The average molecular weight is 269 g/mol. The lowest BCUT2D eigenvalue weighted by Crippen LogP contribution is -2.46. The van der Waals surface area contributed by atoms with E-state index >= 15 is 0 Å². The van der Waals surface area contributed by atoms with Crippen molar-refractivity contribution in [2.24, 2.45) is 11.7 Å². The summed E-state index contributed by atoms with van der Waals surface area (Å²) in [7, 11) is 0. The fourth-order valence-electron chi connectivity index (χ4n) is 1.56. The highest BCUT2D eigenvalue weighted by atomic mass is 16.4. The zero-order valence-corrected chi connectivity index (χ0v) is 11.0. The molecule has 0 aliphatic carbocycles. The zero-order valence-electron chi connectivity index (χ0n) is 11.0. The molecular weight excluding hydrogens is 250 g/mol. The summed E-state index contributed by atoms with van der Waals surface area (Å²) in [4.78, 5) is 22.8. The van der Waals surface area contributed by atoms with Crippen molar-refractivity contribution in [3.63, 3.8) is 0 Å². The van der Waals surface area contributed by atoms with Gasteiger partial charge in [0.05, 0.1) is 11.9 Å². The van der Waals surface area contributed by atoms with Crippen LogP contribution in [0.1, 0.15) is 26.0 Å². The number of aromatic nitrogens is 3. The molecule has 106 valence electrons. The van der Waals surface area contributed by atoms with Gasteiger partial charge in [-0.05, 0) is 5.92 Å². The molecule has 1 aromatic heterocycles. The fourth-order valence-corrected chi connectivity index (χ4v) is 1.56. The first kappa shape index (κ1) is 15.1. The van der Waals surface area contributed by atoms with Crippen molar-refractivity contribution in [1.29, 1.82) is 0 Å². The van der Waals surface area contributed by atoms with Crippen LogP contribution in [0.2, 0.25) is 0 Å². The number of nitrogens with zero attached hydrogens (tertiary/aromatic N) is 3. The van der Waals surface area contributed by atoms with Gasteiger partial charge < -0.3 is 16.2 Å². The molecule has 0 spiro atoms. The summed E-state index contributed by atoms with van der Waals surface area (Å²) in [5.41, 5.74) is 5.95. The number of carboxylic acids is 1. The van der Waals surface area contributed by atoms with Crippen molar-refractivity contribution in [1.82, 2.24) is 20.3 Å². The molecule has 0 saturated carbocycles. The summed E-state index contributed by atoms with van der Waals surface area (Å²) in [5, 5.41) is 19.0. The van der Waals surface area contributed by atoms with Crippen molar-refractivity contribution in [3.8, 4) is 0 Å². The number of nitrogens with one attached hydrogen (secondary N) is 1. The van der Waals surface area contributed by atoms with Crippen molar-refractivity contribution < 1.29 is 14.7 Å². The molecule has 0 aliphatic rings. The van der Waals surface area contributed by atoms with Gasteiger partial charge in [-0.2, -0.15) is 0 Å². The van der Waals surface area contributed by atoms with E-state index < -0.39 is 17.9 Å². The standard InChI is InChI=1S/C11H19N5O3/c1-3-7(2)10(11(18)19)13-9(17)6-16-5-8(4-12)14-15-16/h5,7,10H,3-4,6,12H2,1-2H3,(H,13,17)(H,18,19)/t7?,10-/m0/s1. The SMILES string of the molecule is CCC(C)[C@H](NC(=O)Cn1cc(CN)nn1)C(=O)O. The van der Waals surface area contributed by atoms with E-state index in [1.807, 2.05) is 6.92 Å². The van der Waals surface area contributed by atoms with E-state index in [9.17, 15) is 9.59 Å². The zero-order chi connectivity index (χ0) is 14.4. The Labute approximate surface area is 111 Å². The third-order valence-corrected chi connectivity index (χ3v) is 2.90. The maximum absolute atomic E-state index is 11.8.